The summed E-state index contributed by atoms with van der Waals surface area (Å²) in [5.74, 6) is 2.19. The van der Waals surface area contributed by atoms with Crippen LogP contribution in [0.25, 0.3) is 0 Å². The molecule has 0 aromatic carbocycles. The van der Waals surface area contributed by atoms with Gasteiger partial charge in [0.15, 0.2) is 0 Å². The van der Waals surface area contributed by atoms with Gasteiger partial charge in [0.1, 0.15) is 0 Å². The summed E-state index contributed by atoms with van der Waals surface area (Å²) in [5, 5.41) is 0. The first kappa shape index (κ1) is 28.3. The average Bonchev–Trinajstić information content (AvgIpc) is 2.99. The van der Waals surface area contributed by atoms with Crippen LogP contribution in [0.2, 0.25) is 0 Å². The summed E-state index contributed by atoms with van der Waals surface area (Å²) in [6.45, 7) is 33.5. The SMILES string of the molecule is C[C@H]([C@@H](C/C=C\CC1=C(C(C)(C)C)CC(C(C)(C)C)=C1)C[C@H](C)C(C)(C)C)C(C)(C)C. The van der Waals surface area contributed by atoms with E-state index in [0.29, 0.717) is 16.7 Å². The summed E-state index contributed by atoms with van der Waals surface area (Å²) in [6.07, 6.45) is 12.2. The van der Waals surface area contributed by atoms with Crippen LogP contribution in [0, 0.1) is 39.4 Å². The molecule has 0 saturated heterocycles. The Hall–Kier alpha value is -0.780. The van der Waals surface area contributed by atoms with Crippen LogP contribution in [0.1, 0.15) is 123 Å². The van der Waals surface area contributed by atoms with Crippen LogP contribution in [-0.4, -0.2) is 0 Å². The topological polar surface area (TPSA) is 0 Å². The van der Waals surface area contributed by atoms with Crippen molar-refractivity contribution in [3.8, 4) is 0 Å². The third-order valence-electron chi connectivity index (χ3n) is 8.12. The molecule has 0 spiro atoms. The van der Waals surface area contributed by atoms with Gasteiger partial charge in [0.25, 0.3) is 0 Å². The second-order valence-corrected chi connectivity index (χ2v) is 14.7. The highest BCUT2D eigenvalue weighted by atomic mass is 14.4. The van der Waals surface area contributed by atoms with E-state index in [-0.39, 0.29) is 10.8 Å². The minimum absolute atomic E-state index is 0.248. The smallest absolute Gasteiger partial charge is 0.00888 e. The van der Waals surface area contributed by atoms with Crippen molar-refractivity contribution < 1.29 is 0 Å². The highest BCUT2D eigenvalue weighted by Crippen LogP contribution is 2.45. The van der Waals surface area contributed by atoms with Crippen LogP contribution >= 0.6 is 0 Å². The van der Waals surface area contributed by atoms with Gasteiger partial charge >= 0.3 is 0 Å². The molecule has 180 valence electrons. The Morgan fingerprint density at radius 3 is 1.74 bits per heavy atom. The lowest BCUT2D eigenvalue weighted by molar-refractivity contribution is 0.124. The maximum Gasteiger partial charge on any atom is -0.00888 e. The quantitative estimate of drug-likeness (QED) is 0.354. The molecular formula is C31H56. The Labute approximate surface area is 197 Å². The van der Waals surface area contributed by atoms with Crippen molar-refractivity contribution in [1.29, 1.82) is 0 Å². The van der Waals surface area contributed by atoms with Crippen LogP contribution in [0.15, 0.2) is 34.9 Å². The highest BCUT2D eigenvalue weighted by Gasteiger charge is 2.32. The molecule has 0 heteroatoms. The van der Waals surface area contributed by atoms with Crippen LogP contribution in [-0.2, 0) is 0 Å². The molecule has 0 nitrogen and oxygen atoms in total. The number of hydrogen-bond acceptors (Lipinski definition) is 0. The molecule has 0 unspecified atom stereocenters. The fourth-order valence-corrected chi connectivity index (χ4v) is 4.56. The van der Waals surface area contributed by atoms with E-state index in [0.717, 1.165) is 24.7 Å². The molecule has 0 bridgehead atoms. The lowest BCUT2D eigenvalue weighted by Crippen LogP contribution is -2.29. The van der Waals surface area contributed by atoms with Gasteiger partial charge in [0.05, 0.1) is 0 Å². The Balaban J connectivity index is 2.99. The van der Waals surface area contributed by atoms with Gasteiger partial charge in [-0.3, -0.25) is 0 Å². The third-order valence-corrected chi connectivity index (χ3v) is 8.12. The van der Waals surface area contributed by atoms with Crippen molar-refractivity contribution in [3.63, 3.8) is 0 Å². The average molecular weight is 429 g/mol. The van der Waals surface area contributed by atoms with Gasteiger partial charge in [0.2, 0.25) is 0 Å². The molecule has 0 heterocycles. The Kier molecular flexibility index (Phi) is 9.12. The van der Waals surface area contributed by atoms with Crippen LogP contribution < -0.4 is 0 Å². The van der Waals surface area contributed by atoms with Crippen LogP contribution in [0.5, 0.6) is 0 Å². The zero-order valence-corrected chi connectivity index (χ0v) is 23.8. The first-order valence-electron chi connectivity index (χ1n) is 12.8. The monoisotopic (exact) mass is 428 g/mol. The van der Waals surface area contributed by atoms with Gasteiger partial charge in [-0.25, -0.2) is 0 Å². The second-order valence-electron chi connectivity index (χ2n) is 14.7. The molecule has 0 aliphatic heterocycles. The fraction of sp³-hybridized carbons (Fsp3) is 0.806. The van der Waals surface area contributed by atoms with Crippen molar-refractivity contribution in [3.05, 3.63) is 34.9 Å². The molecule has 1 aliphatic carbocycles. The maximum atomic E-state index is 2.52. The fourth-order valence-electron chi connectivity index (χ4n) is 4.56. The summed E-state index contributed by atoms with van der Waals surface area (Å²) in [4.78, 5) is 0. The maximum absolute atomic E-state index is 2.52. The van der Waals surface area contributed by atoms with E-state index in [1.807, 2.05) is 0 Å². The molecule has 1 rings (SSSR count). The summed E-state index contributed by atoms with van der Waals surface area (Å²) < 4.78 is 0. The third kappa shape index (κ3) is 8.58. The number of hydrogen-bond donors (Lipinski definition) is 0. The number of rotatable bonds is 7. The van der Waals surface area contributed by atoms with Gasteiger partial charge < -0.3 is 0 Å². The lowest BCUT2D eigenvalue weighted by atomic mass is 9.67. The number of allylic oxidation sites excluding steroid dienone is 6. The molecule has 31 heavy (non-hydrogen) atoms. The van der Waals surface area contributed by atoms with E-state index < -0.39 is 0 Å². The lowest BCUT2D eigenvalue weighted by Gasteiger charge is -2.38. The van der Waals surface area contributed by atoms with E-state index in [1.165, 1.54) is 12.8 Å². The first-order valence-corrected chi connectivity index (χ1v) is 12.8. The molecular weight excluding hydrogens is 372 g/mol. The largest absolute Gasteiger partial charge is 0.0879 e. The van der Waals surface area contributed by atoms with Gasteiger partial charge in [-0.2, -0.15) is 0 Å². The molecule has 0 radical (unpaired) electrons. The molecule has 0 amide bonds. The molecule has 0 aromatic rings. The first-order chi connectivity index (χ1) is 13.7. The molecule has 3 atom stereocenters. The van der Waals surface area contributed by atoms with E-state index in [2.05, 4.69) is 115 Å². The Morgan fingerprint density at radius 1 is 0.774 bits per heavy atom. The minimum Gasteiger partial charge on any atom is -0.0879 e. The van der Waals surface area contributed by atoms with Gasteiger partial charge in [0, 0.05) is 0 Å². The predicted octanol–water partition coefficient (Wildman–Crippen LogP) is 10.4. The normalized spacial score (nSPS) is 19.7. The molecule has 0 N–H and O–H groups in total. The van der Waals surface area contributed by atoms with Crippen molar-refractivity contribution in [2.24, 2.45) is 39.4 Å². The van der Waals surface area contributed by atoms with E-state index >= 15 is 0 Å². The Morgan fingerprint density at radius 2 is 1.32 bits per heavy atom. The van der Waals surface area contributed by atoms with E-state index in [9.17, 15) is 0 Å². The molecule has 0 saturated carbocycles. The second kappa shape index (κ2) is 10.0. The van der Waals surface area contributed by atoms with Gasteiger partial charge in [-0.15, -0.1) is 0 Å². The standard InChI is InChI=1S/C31H56/c1-22(28(3,4)5)19-24(23(2)29(6,7)8)17-15-16-18-25-20-26(30(9,10)11)21-27(25)31(12,13)14/h15-16,20,22-24H,17-19,21H2,1-14H3/b16-15-/t22-,23+,24-/m0/s1. The van der Waals surface area contributed by atoms with Crippen LogP contribution in [0.3, 0.4) is 0 Å². The minimum atomic E-state index is 0.248. The summed E-state index contributed by atoms with van der Waals surface area (Å²) >= 11 is 0. The van der Waals surface area contributed by atoms with Crippen LogP contribution in [0.4, 0.5) is 0 Å². The van der Waals surface area contributed by atoms with Gasteiger partial charge in [-0.05, 0) is 70.7 Å². The molecule has 0 aromatic heterocycles. The zero-order chi connectivity index (χ0) is 24.4. The van der Waals surface area contributed by atoms with E-state index in [4.69, 9.17) is 0 Å². The molecule has 1 aliphatic rings. The van der Waals surface area contributed by atoms with Crippen molar-refractivity contribution in [2.45, 2.75) is 123 Å². The van der Waals surface area contributed by atoms with Crippen molar-refractivity contribution in [1.82, 2.24) is 0 Å². The zero-order valence-electron chi connectivity index (χ0n) is 23.8. The Bertz CT molecular complexity index is 668. The summed E-state index contributed by atoms with van der Waals surface area (Å²) in [6, 6.07) is 0. The summed E-state index contributed by atoms with van der Waals surface area (Å²) in [7, 11) is 0. The van der Waals surface area contributed by atoms with E-state index in [1.54, 1.807) is 16.7 Å². The van der Waals surface area contributed by atoms with Crippen molar-refractivity contribution in [2.75, 3.05) is 0 Å². The van der Waals surface area contributed by atoms with Crippen molar-refractivity contribution >= 4 is 0 Å². The molecule has 0 fully saturated rings. The van der Waals surface area contributed by atoms with Gasteiger partial charge in [-0.1, -0.05) is 126 Å². The summed E-state index contributed by atoms with van der Waals surface area (Å²) in [5.41, 5.74) is 6.05. The highest BCUT2D eigenvalue weighted by molar-refractivity contribution is 5.44. The predicted molar refractivity (Wildman–Crippen MR) is 142 cm³/mol.